The summed E-state index contributed by atoms with van der Waals surface area (Å²) in [5, 5.41) is 5.24. The van der Waals surface area contributed by atoms with Gasteiger partial charge in [0.1, 0.15) is 17.5 Å². The molecule has 1 atom stereocenters. The molecule has 0 aliphatic carbocycles. The Kier molecular flexibility index (Phi) is 5.41. The van der Waals surface area contributed by atoms with Crippen LogP contribution in [0.1, 0.15) is 12.5 Å². The molecule has 6 nitrogen and oxygen atoms in total. The van der Waals surface area contributed by atoms with Crippen LogP contribution in [0.2, 0.25) is 0 Å². The fraction of sp³-hybridized carbons (Fsp3) is 0.294. The van der Waals surface area contributed by atoms with Gasteiger partial charge in [0.2, 0.25) is 0 Å². The minimum absolute atomic E-state index is 0.194. The van der Waals surface area contributed by atoms with E-state index in [0.29, 0.717) is 6.54 Å². The number of aryl methyl sites for hydroxylation is 2. The van der Waals surface area contributed by atoms with Crippen LogP contribution in [0.25, 0.3) is 0 Å². The number of para-hydroxylation sites is 1. The molecule has 2 N–H and O–H groups in total. The average Bonchev–Trinajstić information content (AvgIpc) is 2.52. The Morgan fingerprint density at radius 3 is 2.74 bits per heavy atom. The third-order valence-electron chi connectivity index (χ3n) is 3.34. The molecule has 0 radical (unpaired) electrons. The maximum atomic E-state index is 11.9. The number of urea groups is 1. The van der Waals surface area contributed by atoms with E-state index in [-0.39, 0.29) is 17.4 Å². The van der Waals surface area contributed by atoms with E-state index in [1.807, 2.05) is 38.1 Å². The number of carbonyl (C=O) groups excluding carboxylic acids is 1. The lowest BCUT2D eigenvalue weighted by atomic mass is 10.2. The third-order valence-corrected chi connectivity index (χ3v) is 3.34. The zero-order chi connectivity index (χ0) is 16.8. The van der Waals surface area contributed by atoms with E-state index in [0.717, 1.165) is 11.3 Å². The predicted molar refractivity (Wildman–Crippen MR) is 90.0 cm³/mol. The molecule has 6 heteroatoms. The van der Waals surface area contributed by atoms with Crippen LogP contribution in [0.3, 0.4) is 0 Å². The summed E-state index contributed by atoms with van der Waals surface area (Å²) in [7, 11) is 1.63. The number of nitrogens with one attached hydrogen (secondary N) is 2. The first kappa shape index (κ1) is 16.6. The fourth-order valence-electron chi connectivity index (χ4n) is 2.04. The number of hydrogen-bond donors (Lipinski definition) is 2. The molecule has 23 heavy (non-hydrogen) atoms. The molecule has 0 aliphatic heterocycles. The molecule has 1 aromatic carbocycles. The summed E-state index contributed by atoms with van der Waals surface area (Å²) in [6.45, 7) is 4.16. The first-order chi connectivity index (χ1) is 11.0. The summed E-state index contributed by atoms with van der Waals surface area (Å²) >= 11 is 0. The Morgan fingerprint density at radius 2 is 2.00 bits per heavy atom. The van der Waals surface area contributed by atoms with Gasteiger partial charge in [-0.15, -0.1) is 0 Å². The summed E-state index contributed by atoms with van der Waals surface area (Å²) in [5.74, 6) is 0.791. The van der Waals surface area contributed by atoms with E-state index in [2.05, 4.69) is 10.6 Å². The third kappa shape index (κ3) is 4.60. The Morgan fingerprint density at radius 1 is 1.26 bits per heavy atom. The zero-order valence-corrected chi connectivity index (χ0v) is 13.5. The van der Waals surface area contributed by atoms with Gasteiger partial charge in [-0.25, -0.2) is 4.79 Å². The average molecular weight is 315 g/mol. The highest BCUT2D eigenvalue weighted by Gasteiger charge is 2.10. The molecule has 2 amide bonds. The van der Waals surface area contributed by atoms with Gasteiger partial charge >= 0.3 is 6.03 Å². The van der Waals surface area contributed by atoms with Crippen LogP contribution in [-0.4, -0.2) is 23.2 Å². The topological polar surface area (TPSA) is 72.4 Å². The molecule has 1 heterocycles. The van der Waals surface area contributed by atoms with Gasteiger partial charge in [-0.2, -0.15) is 0 Å². The van der Waals surface area contributed by atoms with Crippen molar-refractivity contribution in [3.63, 3.8) is 0 Å². The maximum absolute atomic E-state index is 11.9. The first-order valence-electron chi connectivity index (χ1n) is 7.40. The Hall–Kier alpha value is -2.76. The zero-order valence-electron chi connectivity index (χ0n) is 13.5. The van der Waals surface area contributed by atoms with Crippen LogP contribution in [-0.2, 0) is 7.05 Å². The van der Waals surface area contributed by atoms with E-state index < -0.39 is 6.03 Å². The van der Waals surface area contributed by atoms with Gasteiger partial charge in [-0.05, 0) is 37.6 Å². The summed E-state index contributed by atoms with van der Waals surface area (Å²) in [6, 6.07) is 10.5. The molecule has 2 aromatic rings. The van der Waals surface area contributed by atoms with E-state index in [1.54, 1.807) is 25.4 Å². The number of carbonyl (C=O) groups is 1. The standard InChI is InChI=1S/C17H21N3O3/c1-12-7-4-5-9-15(12)23-13(2)11-18-17(22)19-14-8-6-10-20(3)16(14)21/h4-10,13H,11H2,1-3H3,(H2,18,19,22)/t13-/m0/s1. The van der Waals surface area contributed by atoms with E-state index in [1.165, 1.54) is 4.57 Å². The number of rotatable bonds is 5. The number of benzene rings is 1. The van der Waals surface area contributed by atoms with Crippen molar-refractivity contribution in [3.05, 3.63) is 58.5 Å². The molecule has 0 unspecified atom stereocenters. The van der Waals surface area contributed by atoms with Crippen molar-refractivity contribution in [2.45, 2.75) is 20.0 Å². The highest BCUT2D eigenvalue weighted by atomic mass is 16.5. The van der Waals surface area contributed by atoms with Gasteiger partial charge in [0.25, 0.3) is 5.56 Å². The quantitative estimate of drug-likeness (QED) is 0.889. The molecular weight excluding hydrogens is 294 g/mol. The van der Waals surface area contributed by atoms with Crippen LogP contribution in [0.5, 0.6) is 5.75 Å². The molecule has 0 saturated heterocycles. The van der Waals surface area contributed by atoms with Crippen LogP contribution < -0.4 is 20.9 Å². The Bertz CT molecular complexity index is 740. The maximum Gasteiger partial charge on any atom is 0.319 e. The van der Waals surface area contributed by atoms with Crippen molar-refractivity contribution in [1.82, 2.24) is 9.88 Å². The van der Waals surface area contributed by atoms with Crippen molar-refractivity contribution < 1.29 is 9.53 Å². The fourth-order valence-corrected chi connectivity index (χ4v) is 2.04. The molecule has 122 valence electrons. The predicted octanol–water partition coefficient (Wildman–Crippen LogP) is 2.28. The van der Waals surface area contributed by atoms with Crippen molar-refractivity contribution in [1.29, 1.82) is 0 Å². The van der Waals surface area contributed by atoms with Crippen LogP contribution in [0.15, 0.2) is 47.4 Å². The molecule has 0 bridgehead atoms. The van der Waals surface area contributed by atoms with Crippen molar-refractivity contribution in [3.8, 4) is 5.75 Å². The molecule has 2 rings (SSSR count). The van der Waals surface area contributed by atoms with Crippen molar-refractivity contribution in [2.75, 3.05) is 11.9 Å². The summed E-state index contributed by atoms with van der Waals surface area (Å²) in [6.07, 6.45) is 1.43. The molecule has 1 aromatic heterocycles. The normalized spacial score (nSPS) is 11.6. The number of ether oxygens (including phenoxy) is 1. The second kappa shape index (κ2) is 7.49. The van der Waals surface area contributed by atoms with Gasteiger partial charge in [-0.3, -0.25) is 4.79 Å². The molecular formula is C17H21N3O3. The van der Waals surface area contributed by atoms with E-state index in [9.17, 15) is 9.59 Å². The number of pyridine rings is 1. The van der Waals surface area contributed by atoms with Gasteiger partial charge < -0.3 is 19.9 Å². The lowest BCUT2D eigenvalue weighted by molar-refractivity contribution is 0.211. The Balaban J connectivity index is 1.85. The SMILES string of the molecule is Cc1ccccc1O[C@@H](C)CNC(=O)Nc1cccn(C)c1=O. The van der Waals surface area contributed by atoms with Gasteiger partial charge in [0.15, 0.2) is 0 Å². The van der Waals surface area contributed by atoms with E-state index >= 15 is 0 Å². The largest absolute Gasteiger partial charge is 0.489 e. The smallest absolute Gasteiger partial charge is 0.319 e. The number of anilines is 1. The molecule has 0 aliphatic rings. The number of hydrogen-bond acceptors (Lipinski definition) is 3. The molecule has 0 spiro atoms. The highest BCUT2D eigenvalue weighted by molar-refractivity contribution is 5.88. The van der Waals surface area contributed by atoms with E-state index in [4.69, 9.17) is 4.74 Å². The molecule has 0 saturated carbocycles. The summed E-state index contributed by atoms with van der Waals surface area (Å²) in [4.78, 5) is 23.7. The van der Waals surface area contributed by atoms with Crippen molar-refractivity contribution >= 4 is 11.7 Å². The summed E-state index contributed by atoms with van der Waals surface area (Å²) in [5.41, 5.74) is 1.02. The van der Waals surface area contributed by atoms with Gasteiger partial charge in [0, 0.05) is 13.2 Å². The number of nitrogens with zero attached hydrogens (tertiary/aromatic N) is 1. The monoisotopic (exact) mass is 315 g/mol. The highest BCUT2D eigenvalue weighted by Crippen LogP contribution is 2.17. The van der Waals surface area contributed by atoms with Gasteiger partial charge in [-0.1, -0.05) is 18.2 Å². The van der Waals surface area contributed by atoms with Crippen LogP contribution in [0.4, 0.5) is 10.5 Å². The molecule has 0 fully saturated rings. The second-order valence-corrected chi connectivity index (χ2v) is 5.37. The van der Waals surface area contributed by atoms with Crippen molar-refractivity contribution in [2.24, 2.45) is 7.05 Å². The lowest BCUT2D eigenvalue weighted by Crippen LogP contribution is -2.37. The Labute approximate surface area is 135 Å². The lowest BCUT2D eigenvalue weighted by Gasteiger charge is -2.17. The van der Waals surface area contributed by atoms with Gasteiger partial charge in [0.05, 0.1) is 6.54 Å². The minimum Gasteiger partial charge on any atom is -0.489 e. The number of aromatic nitrogens is 1. The van der Waals surface area contributed by atoms with Crippen LogP contribution in [0, 0.1) is 6.92 Å². The second-order valence-electron chi connectivity index (χ2n) is 5.37. The summed E-state index contributed by atoms with van der Waals surface area (Å²) < 4.78 is 7.18. The minimum atomic E-state index is -0.437. The number of amides is 2. The first-order valence-corrected chi connectivity index (χ1v) is 7.40. The van der Waals surface area contributed by atoms with Crippen LogP contribution >= 0.6 is 0 Å².